The number of unbranched alkanes of at least 4 members (excludes halogenated alkanes) is 1. The number of thioether (sulfide) groups is 1. The number of hydrogen-bond donors (Lipinski definition) is 1. The molecule has 0 bridgehead atoms. The zero-order valence-electron chi connectivity index (χ0n) is 16.9. The van der Waals surface area contributed by atoms with Gasteiger partial charge >= 0.3 is 0 Å². The maximum Gasteiger partial charge on any atom is 0.248 e. The topological polar surface area (TPSA) is 42.1 Å². The van der Waals surface area contributed by atoms with E-state index in [4.69, 9.17) is 4.74 Å². The third kappa shape index (κ3) is 5.66. The van der Waals surface area contributed by atoms with Crippen molar-refractivity contribution in [3.63, 3.8) is 0 Å². The molecule has 4 heteroatoms. The van der Waals surface area contributed by atoms with E-state index < -0.39 is 0 Å². The van der Waals surface area contributed by atoms with Crippen molar-refractivity contribution in [2.45, 2.75) is 55.8 Å². The molecule has 1 aromatic heterocycles. The lowest BCUT2D eigenvalue weighted by atomic mass is 9.84. The molecule has 0 atom stereocenters. The van der Waals surface area contributed by atoms with E-state index in [2.05, 4.69) is 29.2 Å². The first-order chi connectivity index (χ1) is 14.3. The fraction of sp³-hybridized carbons (Fsp3) is 0.400. The van der Waals surface area contributed by atoms with Crippen LogP contribution >= 0.6 is 11.8 Å². The molecule has 0 spiro atoms. The number of aromatic amines is 1. The van der Waals surface area contributed by atoms with E-state index in [0.29, 0.717) is 0 Å². The van der Waals surface area contributed by atoms with Crippen LogP contribution in [0.2, 0.25) is 0 Å². The summed E-state index contributed by atoms with van der Waals surface area (Å²) in [6.45, 7) is 0.718. The molecular formula is C25H29NO2S. The summed E-state index contributed by atoms with van der Waals surface area (Å²) in [5.41, 5.74) is 2.30. The van der Waals surface area contributed by atoms with Gasteiger partial charge in [0.15, 0.2) is 0 Å². The molecule has 0 saturated heterocycles. The van der Waals surface area contributed by atoms with Crippen LogP contribution in [0.3, 0.4) is 0 Å². The average Bonchev–Trinajstić information content (AvgIpc) is 2.77. The average molecular weight is 408 g/mol. The highest BCUT2D eigenvalue weighted by Gasteiger charge is 2.15. The van der Waals surface area contributed by atoms with E-state index in [1.165, 1.54) is 42.6 Å². The zero-order valence-corrected chi connectivity index (χ0v) is 17.7. The molecule has 0 aliphatic heterocycles. The summed E-state index contributed by atoms with van der Waals surface area (Å²) >= 11 is 1.94. The molecule has 1 N–H and O–H groups in total. The molecule has 1 saturated carbocycles. The van der Waals surface area contributed by atoms with Gasteiger partial charge in [-0.05, 0) is 79.3 Å². The van der Waals surface area contributed by atoms with Crippen molar-refractivity contribution in [3.05, 3.63) is 70.5 Å². The molecule has 4 rings (SSSR count). The number of rotatable bonds is 8. The van der Waals surface area contributed by atoms with Gasteiger partial charge in [-0.3, -0.25) is 4.79 Å². The minimum Gasteiger partial charge on any atom is -0.494 e. The van der Waals surface area contributed by atoms with Crippen molar-refractivity contribution in [2.75, 3.05) is 12.4 Å². The lowest BCUT2D eigenvalue weighted by Gasteiger charge is -2.22. The number of H-pyrrole nitrogens is 1. The Bertz CT molecular complexity index is 974. The fourth-order valence-electron chi connectivity index (χ4n) is 4.08. The Morgan fingerprint density at radius 3 is 2.59 bits per heavy atom. The molecule has 152 valence electrons. The van der Waals surface area contributed by atoms with Crippen LogP contribution in [0.1, 0.15) is 56.4 Å². The molecular weight excluding hydrogens is 378 g/mol. The van der Waals surface area contributed by atoms with E-state index in [1.54, 1.807) is 6.07 Å². The van der Waals surface area contributed by atoms with Crippen LogP contribution in [-0.4, -0.2) is 17.3 Å². The summed E-state index contributed by atoms with van der Waals surface area (Å²) in [5.74, 6) is 2.76. The van der Waals surface area contributed by atoms with Crippen molar-refractivity contribution in [1.29, 1.82) is 0 Å². The van der Waals surface area contributed by atoms with Gasteiger partial charge in [0.1, 0.15) is 5.75 Å². The molecule has 0 radical (unpaired) electrons. The number of pyridine rings is 1. The molecule has 3 aromatic rings. The second-order valence-corrected chi connectivity index (χ2v) is 9.05. The van der Waals surface area contributed by atoms with Crippen molar-refractivity contribution in [1.82, 2.24) is 4.98 Å². The van der Waals surface area contributed by atoms with Gasteiger partial charge in [0.2, 0.25) is 5.56 Å². The van der Waals surface area contributed by atoms with Gasteiger partial charge in [-0.25, -0.2) is 0 Å². The smallest absolute Gasteiger partial charge is 0.248 e. The third-order valence-corrected chi connectivity index (χ3v) is 6.83. The minimum absolute atomic E-state index is 0.0766. The van der Waals surface area contributed by atoms with E-state index in [9.17, 15) is 4.79 Å². The number of fused-ring (bicyclic) bond motifs is 1. The number of hydrogen-bond acceptors (Lipinski definition) is 3. The van der Waals surface area contributed by atoms with E-state index in [1.807, 2.05) is 36.0 Å². The minimum atomic E-state index is -0.0766. The first-order valence-corrected chi connectivity index (χ1v) is 11.8. The van der Waals surface area contributed by atoms with Gasteiger partial charge in [-0.1, -0.05) is 31.4 Å². The maximum absolute atomic E-state index is 11.3. The van der Waals surface area contributed by atoms with E-state index >= 15 is 0 Å². The second kappa shape index (κ2) is 10.0. The van der Waals surface area contributed by atoms with Crippen molar-refractivity contribution >= 4 is 22.7 Å². The van der Waals surface area contributed by atoms with Crippen LogP contribution in [0.25, 0.3) is 10.9 Å². The molecule has 0 amide bonds. The van der Waals surface area contributed by atoms with Crippen LogP contribution in [-0.2, 0) is 0 Å². The van der Waals surface area contributed by atoms with Gasteiger partial charge in [0.25, 0.3) is 0 Å². The number of aromatic nitrogens is 1. The highest BCUT2D eigenvalue weighted by Crippen LogP contribution is 2.33. The Morgan fingerprint density at radius 1 is 0.931 bits per heavy atom. The normalized spacial score (nSPS) is 14.9. The third-order valence-electron chi connectivity index (χ3n) is 5.73. The highest BCUT2D eigenvalue weighted by molar-refractivity contribution is 7.99. The lowest BCUT2D eigenvalue weighted by molar-refractivity contribution is 0.310. The van der Waals surface area contributed by atoms with Gasteiger partial charge in [-0.2, -0.15) is 0 Å². The van der Waals surface area contributed by atoms with Gasteiger partial charge in [-0.15, -0.1) is 11.8 Å². The van der Waals surface area contributed by atoms with Gasteiger partial charge < -0.3 is 9.72 Å². The first kappa shape index (κ1) is 20.1. The molecule has 29 heavy (non-hydrogen) atoms. The molecule has 0 unspecified atom stereocenters. The zero-order chi connectivity index (χ0) is 19.9. The molecule has 3 nitrogen and oxygen atoms in total. The molecule has 2 aromatic carbocycles. The predicted molar refractivity (Wildman–Crippen MR) is 122 cm³/mol. The highest BCUT2D eigenvalue weighted by atomic mass is 32.2. The maximum atomic E-state index is 11.3. The molecule has 1 aliphatic carbocycles. The molecule has 1 aliphatic rings. The first-order valence-electron chi connectivity index (χ1n) is 10.8. The quantitative estimate of drug-likeness (QED) is 0.341. The molecule has 1 heterocycles. The number of benzene rings is 2. The van der Waals surface area contributed by atoms with Crippen LogP contribution in [0.5, 0.6) is 5.75 Å². The predicted octanol–water partition coefficient (Wildman–Crippen LogP) is 6.53. The Morgan fingerprint density at radius 2 is 1.76 bits per heavy atom. The van der Waals surface area contributed by atoms with Crippen molar-refractivity contribution < 1.29 is 4.74 Å². The molecule has 1 fully saturated rings. The fourth-order valence-corrected chi connectivity index (χ4v) is 4.99. The van der Waals surface area contributed by atoms with Gasteiger partial charge in [0.05, 0.1) is 6.61 Å². The summed E-state index contributed by atoms with van der Waals surface area (Å²) in [7, 11) is 0. The number of ether oxygens (including phenoxy) is 1. The SMILES string of the molecule is O=c1ccc2cc(OCCCCSc3ccc(C4CCCCC4)cc3)ccc2[nH]1. The standard InChI is InChI=1S/C25H29NO2S/c27-25-15-10-21-18-22(11-14-24(21)26-25)28-16-4-5-17-29-23-12-8-20(9-13-23)19-6-2-1-3-7-19/h8-15,18-19H,1-7,16-17H2,(H,26,27). The van der Waals surface area contributed by atoms with Gasteiger partial charge in [0, 0.05) is 21.9 Å². The lowest BCUT2D eigenvalue weighted by Crippen LogP contribution is -2.04. The van der Waals surface area contributed by atoms with Crippen LogP contribution in [0.4, 0.5) is 0 Å². The van der Waals surface area contributed by atoms with Crippen LogP contribution in [0.15, 0.2) is 64.3 Å². The largest absolute Gasteiger partial charge is 0.494 e. The Hall–Kier alpha value is -2.20. The summed E-state index contributed by atoms with van der Waals surface area (Å²) in [4.78, 5) is 15.5. The summed E-state index contributed by atoms with van der Waals surface area (Å²) in [6.07, 6.45) is 9.09. The monoisotopic (exact) mass is 407 g/mol. The summed E-state index contributed by atoms with van der Waals surface area (Å²) < 4.78 is 5.88. The van der Waals surface area contributed by atoms with Crippen molar-refractivity contribution in [2.24, 2.45) is 0 Å². The second-order valence-electron chi connectivity index (χ2n) is 7.88. The Balaban J connectivity index is 1.16. The van der Waals surface area contributed by atoms with Crippen LogP contribution in [0, 0.1) is 0 Å². The van der Waals surface area contributed by atoms with E-state index in [-0.39, 0.29) is 5.56 Å². The summed E-state index contributed by atoms with van der Waals surface area (Å²) in [6, 6.07) is 18.5. The van der Waals surface area contributed by atoms with Crippen molar-refractivity contribution in [3.8, 4) is 5.75 Å². The summed E-state index contributed by atoms with van der Waals surface area (Å²) in [5, 5.41) is 0.995. The Labute approximate surface area is 176 Å². The van der Waals surface area contributed by atoms with E-state index in [0.717, 1.165) is 47.8 Å². The Kier molecular flexibility index (Phi) is 6.94. The van der Waals surface area contributed by atoms with Crippen LogP contribution < -0.4 is 10.3 Å². The number of nitrogens with one attached hydrogen (secondary N) is 1.